The van der Waals surface area contributed by atoms with Crippen molar-refractivity contribution in [3.05, 3.63) is 35.3 Å². The van der Waals surface area contributed by atoms with Gasteiger partial charge in [0.1, 0.15) is 11.3 Å². The van der Waals surface area contributed by atoms with Gasteiger partial charge >= 0.3 is 0 Å². The molecule has 0 radical (unpaired) electrons. The number of ether oxygens (including phenoxy) is 1. The first kappa shape index (κ1) is 18.2. The Morgan fingerprint density at radius 3 is 2.76 bits per heavy atom. The van der Waals surface area contributed by atoms with Gasteiger partial charge in [0, 0.05) is 6.54 Å². The topological polar surface area (TPSA) is 67.3 Å². The van der Waals surface area contributed by atoms with Crippen LogP contribution in [0.25, 0.3) is 0 Å². The van der Waals surface area contributed by atoms with E-state index in [9.17, 15) is 4.79 Å². The Balaban J connectivity index is 1.58. The summed E-state index contributed by atoms with van der Waals surface area (Å²) in [6, 6.07) is 8.33. The largest absolute Gasteiger partial charge is 0.497 e. The molecule has 1 aromatic carbocycles. The molecule has 1 saturated heterocycles. The number of carbonyl (C=O) groups is 1. The molecule has 1 aliphatic rings. The molecule has 1 N–H and O–H groups in total. The van der Waals surface area contributed by atoms with Crippen LogP contribution in [0.15, 0.2) is 34.1 Å². The number of nitrogens with zero attached hydrogens (tertiary/aromatic N) is 3. The van der Waals surface area contributed by atoms with Gasteiger partial charge in [-0.2, -0.15) is 0 Å². The van der Waals surface area contributed by atoms with E-state index >= 15 is 0 Å². The van der Waals surface area contributed by atoms with Crippen molar-refractivity contribution in [3.8, 4) is 5.75 Å². The summed E-state index contributed by atoms with van der Waals surface area (Å²) in [5.74, 6) is 1.24. The van der Waals surface area contributed by atoms with E-state index in [4.69, 9.17) is 4.74 Å². The Hall–Kier alpha value is -1.64. The molecule has 8 heteroatoms. The fourth-order valence-electron chi connectivity index (χ4n) is 2.95. The van der Waals surface area contributed by atoms with E-state index in [1.165, 1.54) is 41.5 Å². The number of aromatic nitrogens is 2. The molecule has 1 aromatic heterocycles. The Labute approximate surface area is 156 Å². The Kier molecular flexibility index (Phi) is 6.66. The molecule has 3 rings (SSSR count). The highest BCUT2D eigenvalue weighted by Crippen LogP contribution is 2.26. The van der Waals surface area contributed by atoms with Crippen molar-refractivity contribution in [2.45, 2.75) is 23.2 Å². The molecule has 2 aromatic rings. The minimum atomic E-state index is 0.0258. The molecule has 0 bridgehead atoms. The summed E-state index contributed by atoms with van der Waals surface area (Å²) in [4.78, 5) is 14.6. The van der Waals surface area contributed by atoms with Gasteiger partial charge in [0.25, 0.3) is 0 Å². The fourth-order valence-corrected chi connectivity index (χ4v) is 4.27. The highest BCUT2D eigenvalue weighted by Gasteiger charge is 2.24. The molecule has 1 aliphatic heterocycles. The molecule has 0 saturated carbocycles. The second-order valence-electron chi connectivity index (χ2n) is 5.83. The van der Waals surface area contributed by atoms with Gasteiger partial charge < -0.3 is 10.1 Å². The number of hydrogen-bond acceptors (Lipinski definition) is 7. The molecule has 1 amide bonds. The zero-order valence-electron chi connectivity index (χ0n) is 14.2. The van der Waals surface area contributed by atoms with Gasteiger partial charge in [0.15, 0.2) is 4.34 Å². The third kappa shape index (κ3) is 5.17. The molecule has 25 heavy (non-hydrogen) atoms. The third-order valence-electron chi connectivity index (χ3n) is 4.24. The van der Waals surface area contributed by atoms with Crippen LogP contribution in [0.4, 0.5) is 0 Å². The monoisotopic (exact) mass is 378 g/mol. The van der Waals surface area contributed by atoms with Crippen molar-refractivity contribution in [1.82, 2.24) is 20.4 Å². The number of likely N-dealkylation sites (tertiary alicyclic amines) is 1. The zero-order valence-corrected chi connectivity index (χ0v) is 15.8. The zero-order chi connectivity index (χ0) is 17.5. The van der Waals surface area contributed by atoms with Crippen LogP contribution < -0.4 is 10.1 Å². The summed E-state index contributed by atoms with van der Waals surface area (Å²) in [5, 5.41) is 10.8. The van der Waals surface area contributed by atoms with Gasteiger partial charge in [-0.3, -0.25) is 9.69 Å². The molecule has 2 heterocycles. The van der Waals surface area contributed by atoms with E-state index in [2.05, 4.69) is 32.5 Å². The maximum absolute atomic E-state index is 12.2. The van der Waals surface area contributed by atoms with Crippen molar-refractivity contribution < 1.29 is 9.53 Å². The van der Waals surface area contributed by atoms with Crippen molar-refractivity contribution in [2.24, 2.45) is 0 Å². The predicted molar refractivity (Wildman–Crippen MR) is 100 cm³/mol. The molecule has 0 aliphatic carbocycles. The minimum absolute atomic E-state index is 0.0258. The SMILES string of the molecule is COc1ccc(C(CNC(=O)CSc2nncs2)N2CCCC2)cc1. The molecule has 134 valence electrons. The summed E-state index contributed by atoms with van der Waals surface area (Å²) in [7, 11) is 1.67. The van der Waals surface area contributed by atoms with Crippen LogP contribution in [0.3, 0.4) is 0 Å². The predicted octanol–water partition coefficient (Wildman–Crippen LogP) is 2.59. The Morgan fingerprint density at radius 2 is 2.12 bits per heavy atom. The van der Waals surface area contributed by atoms with Crippen LogP contribution in [0.5, 0.6) is 5.75 Å². The summed E-state index contributed by atoms with van der Waals surface area (Å²) < 4.78 is 6.06. The van der Waals surface area contributed by atoms with Crippen LogP contribution in [-0.2, 0) is 4.79 Å². The smallest absolute Gasteiger partial charge is 0.230 e. The Bertz CT molecular complexity index is 658. The van der Waals surface area contributed by atoms with E-state index in [-0.39, 0.29) is 11.9 Å². The number of methoxy groups -OCH3 is 1. The maximum atomic E-state index is 12.2. The summed E-state index contributed by atoms with van der Waals surface area (Å²) in [6.45, 7) is 2.76. The van der Waals surface area contributed by atoms with Gasteiger partial charge in [-0.1, -0.05) is 35.2 Å². The van der Waals surface area contributed by atoms with Gasteiger partial charge in [-0.25, -0.2) is 0 Å². The quantitative estimate of drug-likeness (QED) is 0.712. The van der Waals surface area contributed by atoms with Gasteiger partial charge in [0.05, 0.1) is 18.9 Å². The van der Waals surface area contributed by atoms with Gasteiger partial charge in [0.2, 0.25) is 5.91 Å². The van der Waals surface area contributed by atoms with Crippen molar-refractivity contribution in [3.63, 3.8) is 0 Å². The van der Waals surface area contributed by atoms with Crippen LogP contribution in [0.2, 0.25) is 0 Å². The number of amides is 1. The van der Waals surface area contributed by atoms with Crippen LogP contribution in [0, 0.1) is 0 Å². The first-order valence-corrected chi connectivity index (χ1v) is 10.2. The number of thioether (sulfide) groups is 1. The lowest BCUT2D eigenvalue weighted by Crippen LogP contribution is -2.37. The molecule has 1 fully saturated rings. The van der Waals surface area contributed by atoms with E-state index < -0.39 is 0 Å². The van der Waals surface area contributed by atoms with E-state index in [0.717, 1.165) is 23.2 Å². The lowest BCUT2D eigenvalue weighted by atomic mass is 10.1. The molecular formula is C17H22N4O2S2. The van der Waals surface area contributed by atoms with Gasteiger partial charge in [-0.05, 0) is 43.6 Å². The van der Waals surface area contributed by atoms with E-state index in [1.807, 2.05) is 12.1 Å². The number of hydrogen-bond donors (Lipinski definition) is 1. The lowest BCUT2D eigenvalue weighted by Gasteiger charge is -2.28. The summed E-state index contributed by atoms with van der Waals surface area (Å²) in [6.07, 6.45) is 2.43. The highest BCUT2D eigenvalue weighted by molar-refractivity contribution is 8.01. The van der Waals surface area contributed by atoms with E-state index in [0.29, 0.717) is 12.3 Å². The van der Waals surface area contributed by atoms with Crippen molar-refractivity contribution >= 4 is 29.0 Å². The average Bonchev–Trinajstić information content (AvgIpc) is 3.35. The summed E-state index contributed by atoms with van der Waals surface area (Å²) >= 11 is 2.87. The van der Waals surface area contributed by atoms with Crippen molar-refractivity contribution in [2.75, 3.05) is 32.5 Å². The maximum Gasteiger partial charge on any atom is 0.230 e. The normalized spacial score (nSPS) is 15.9. The fraction of sp³-hybridized carbons (Fsp3) is 0.471. The summed E-state index contributed by atoms with van der Waals surface area (Å²) in [5.41, 5.74) is 2.88. The van der Waals surface area contributed by atoms with Crippen LogP contribution in [-0.4, -0.2) is 53.5 Å². The second-order valence-corrected chi connectivity index (χ2v) is 7.89. The molecule has 1 atom stereocenters. The molecule has 1 unspecified atom stereocenters. The number of rotatable bonds is 8. The van der Waals surface area contributed by atoms with Gasteiger partial charge in [-0.15, -0.1) is 10.2 Å². The average molecular weight is 379 g/mol. The molecule has 0 spiro atoms. The second kappa shape index (κ2) is 9.17. The first-order valence-electron chi connectivity index (χ1n) is 8.30. The van der Waals surface area contributed by atoms with E-state index in [1.54, 1.807) is 12.6 Å². The molecular weight excluding hydrogens is 356 g/mol. The number of carbonyl (C=O) groups excluding carboxylic acids is 1. The molecule has 6 nitrogen and oxygen atoms in total. The first-order chi connectivity index (χ1) is 12.3. The minimum Gasteiger partial charge on any atom is -0.497 e. The number of nitrogens with one attached hydrogen (secondary N) is 1. The van der Waals surface area contributed by atoms with Crippen molar-refractivity contribution in [1.29, 1.82) is 0 Å². The lowest BCUT2D eigenvalue weighted by molar-refractivity contribution is -0.118. The van der Waals surface area contributed by atoms with Crippen LogP contribution in [0.1, 0.15) is 24.4 Å². The van der Waals surface area contributed by atoms with Crippen LogP contribution >= 0.6 is 23.1 Å². The Morgan fingerprint density at radius 1 is 1.36 bits per heavy atom. The third-order valence-corrected chi connectivity index (χ3v) is 6.10. The standard InChI is InChI=1S/C17H22N4O2S2/c1-23-14-6-4-13(5-7-14)15(21-8-2-3-9-21)10-18-16(22)11-24-17-20-19-12-25-17/h4-7,12,15H,2-3,8-11H2,1H3,(H,18,22). The highest BCUT2D eigenvalue weighted by atomic mass is 32.2. The number of benzene rings is 1.